The van der Waals surface area contributed by atoms with Crippen molar-refractivity contribution in [3.8, 4) is 0 Å². The number of hydrogen-bond donors (Lipinski definition) is 0. The van der Waals surface area contributed by atoms with Crippen LogP contribution in [0.25, 0.3) is 0 Å². The van der Waals surface area contributed by atoms with Gasteiger partial charge in [-0.2, -0.15) is 0 Å². The van der Waals surface area contributed by atoms with Crippen molar-refractivity contribution in [2.45, 2.75) is 45.6 Å². The number of rotatable bonds is 3. The van der Waals surface area contributed by atoms with E-state index in [-0.39, 0.29) is 11.9 Å². The van der Waals surface area contributed by atoms with Crippen molar-refractivity contribution in [1.82, 2.24) is 4.90 Å². The molecule has 1 aliphatic heterocycles. The molecular formula is C23H29NO. The van der Waals surface area contributed by atoms with Crippen LogP contribution in [-0.2, 0) is 4.79 Å². The van der Waals surface area contributed by atoms with Crippen LogP contribution in [0, 0.1) is 6.92 Å². The predicted molar refractivity (Wildman–Crippen MR) is 106 cm³/mol. The van der Waals surface area contributed by atoms with Crippen LogP contribution in [0.5, 0.6) is 0 Å². The highest BCUT2D eigenvalue weighted by atomic mass is 16.2. The number of carbonyl (C=O) groups excluding carboxylic acids is 1. The minimum atomic E-state index is 0.157. The Morgan fingerprint density at radius 1 is 1.12 bits per heavy atom. The fourth-order valence-corrected chi connectivity index (χ4v) is 3.29. The maximum absolute atomic E-state index is 12.6. The Kier molecular flexibility index (Phi) is 7.00. The Morgan fingerprint density at radius 2 is 1.72 bits per heavy atom. The van der Waals surface area contributed by atoms with E-state index in [9.17, 15) is 4.79 Å². The lowest BCUT2D eigenvalue weighted by molar-refractivity contribution is -0.136. The van der Waals surface area contributed by atoms with E-state index in [2.05, 4.69) is 69.0 Å². The quantitative estimate of drug-likeness (QED) is 0.663. The highest BCUT2D eigenvalue weighted by Gasteiger charge is 2.30. The third-order valence-corrected chi connectivity index (χ3v) is 4.76. The first-order valence-corrected chi connectivity index (χ1v) is 9.04. The van der Waals surface area contributed by atoms with E-state index in [0.29, 0.717) is 12.3 Å². The van der Waals surface area contributed by atoms with Crippen molar-refractivity contribution in [3.05, 3.63) is 83.9 Å². The van der Waals surface area contributed by atoms with Gasteiger partial charge in [0.1, 0.15) is 0 Å². The van der Waals surface area contributed by atoms with Crippen LogP contribution in [-0.4, -0.2) is 17.4 Å². The zero-order chi connectivity index (χ0) is 18.2. The van der Waals surface area contributed by atoms with E-state index in [4.69, 9.17) is 0 Å². The summed E-state index contributed by atoms with van der Waals surface area (Å²) in [4.78, 5) is 14.6. The van der Waals surface area contributed by atoms with E-state index in [1.807, 2.05) is 17.9 Å². The first kappa shape index (κ1) is 19.0. The molecule has 0 bridgehead atoms. The van der Waals surface area contributed by atoms with Crippen LogP contribution in [0.2, 0.25) is 0 Å². The Balaban J connectivity index is 0.000000701. The van der Waals surface area contributed by atoms with Crippen LogP contribution in [0.1, 0.15) is 55.3 Å². The molecule has 0 aromatic heterocycles. The lowest BCUT2D eigenvalue weighted by Crippen LogP contribution is -2.39. The smallest absolute Gasteiger partial charge is 0.223 e. The summed E-state index contributed by atoms with van der Waals surface area (Å²) in [6.07, 6.45) is 3.42. The normalized spacial score (nSPS) is 18.1. The SMILES string of the molecule is C=CC.Cc1ccc([C@H](C)N2CCC(c3ccccc3)CC2=O)cc1. The number of benzene rings is 2. The number of allylic oxidation sites excluding steroid dienone is 1. The molecule has 1 unspecified atom stereocenters. The van der Waals surface area contributed by atoms with Gasteiger partial charge >= 0.3 is 0 Å². The summed E-state index contributed by atoms with van der Waals surface area (Å²) in [5.74, 6) is 0.642. The molecule has 0 spiro atoms. The molecule has 2 aromatic carbocycles. The Hall–Kier alpha value is -2.35. The summed E-state index contributed by atoms with van der Waals surface area (Å²) in [5, 5.41) is 0. The van der Waals surface area contributed by atoms with Crippen LogP contribution < -0.4 is 0 Å². The van der Waals surface area contributed by atoms with Gasteiger partial charge in [0.25, 0.3) is 0 Å². The number of hydrogen-bond acceptors (Lipinski definition) is 1. The average molecular weight is 335 g/mol. The number of aryl methyl sites for hydroxylation is 1. The molecule has 2 atom stereocenters. The van der Waals surface area contributed by atoms with Gasteiger partial charge in [0.2, 0.25) is 5.91 Å². The van der Waals surface area contributed by atoms with Crippen molar-refractivity contribution >= 4 is 5.91 Å². The molecule has 1 fully saturated rings. The molecule has 0 N–H and O–H groups in total. The third-order valence-electron chi connectivity index (χ3n) is 4.76. The highest BCUT2D eigenvalue weighted by Crippen LogP contribution is 2.32. The molecule has 2 aromatic rings. The summed E-state index contributed by atoms with van der Waals surface area (Å²) >= 11 is 0. The van der Waals surface area contributed by atoms with Crippen molar-refractivity contribution in [2.75, 3.05) is 6.54 Å². The monoisotopic (exact) mass is 335 g/mol. The van der Waals surface area contributed by atoms with Gasteiger partial charge in [-0.1, -0.05) is 66.2 Å². The van der Waals surface area contributed by atoms with E-state index in [1.54, 1.807) is 6.08 Å². The standard InChI is InChI=1S/C20H23NO.C3H6/c1-15-8-10-17(11-9-15)16(2)21-13-12-19(14-20(21)22)18-6-4-3-5-7-18;1-3-2/h3-11,16,19H,12-14H2,1-2H3;3H,1H2,2H3/t16-,19?;/m0./s1. The second kappa shape index (κ2) is 9.22. The highest BCUT2D eigenvalue weighted by molar-refractivity contribution is 5.78. The molecule has 3 rings (SSSR count). The van der Waals surface area contributed by atoms with Crippen molar-refractivity contribution in [3.63, 3.8) is 0 Å². The molecule has 132 valence electrons. The molecule has 0 radical (unpaired) electrons. The fourth-order valence-electron chi connectivity index (χ4n) is 3.29. The molecule has 2 nitrogen and oxygen atoms in total. The van der Waals surface area contributed by atoms with Gasteiger partial charge in [0.15, 0.2) is 0 Å². The summed E-state index contributed by atoms with van der Waals surface area (Å²) in [6, 6.07) is 19.1. The number of piperidine rings is 1. The van der Waals surface area contributed by atoms with Crippen molar-refractivity contribution in [1.29, 1.82) is 0 Å². The van der Waals surface area contributed by atoms with Gasteiger partial charge in [-0.05, 0) is 44.2 Å². The average Bonchev–Trinajstić information content (AvgIpc) is 2.63. The minimum absolute atomic E-state index is 0.157. The predicted octanol–water partition coefficient (Wildman–Crippen LogP) is 5.65. The zero-order valence-electron chi connectivity index (χ0n) is 15.6. The maximum Gasteiger partial charge on any atom is 0.223 e. The molecule has 0 saturated carbocycles. The largest absolute Gasteiger partial charge is 0.336 e. The van der Waals surface area contributed by atoms with Crippen LogP contribution in [0.3, 0.4) is 0 Å². The van der Waals surface area contributed by atoms with E-state index in [1.165, 1.54) is 16.7 Å². The molecule has 1 heterocycles. The van der Waals surface area contributed by atoms with Crippen LogP contribution in [0.15, 0.2) is 67.3 Å². The number of likely N-dealkylation sites (tertiary alicyclic amines) is 1. The molecule has 1 saturated heterocycles. The lowest BCUT2D eigenvalue weighted by Gasteiger charge is -2.36. The Bertz CT molecular complexity index is 675. The first-order valence-electron chi connectivity index (χ1n) is 9.04. The fraction of sp³-hybridized carbons (Fsp3) is 0.348. The van der Waals surface area contributed by atoms with Gasteiger partial charge in [0, 0.05) is 13.0 Å². The second-order valence-electron chi connectivity index (χ2n) is 6.68. The van der Waals surface area contributed by atoms with Gasteiger partial charge in [-0.15, -0.1) is 6.58 Å². The third kappa shape index (κ3) is 5.06. The van der Waals surface area contributed by atoms with E-state index in [0.717, 1.165) is 13.0 Å². The molecule has 2 heteroatoms. The van der Waals surface area contributed by atoms with Crippen LogP contribution in [0.4, 0.5) is 0 Å². The molecular weight excluding hydrogens is 306 g/mol. The Morgan fingerprint density at radius 3 is 2.28 bits per heavy atom. The summed E-state index contributed by atoms with van der Waals surface area (Å²) in [6.45, 7) is 10.3. The zero-order valence-corrected chi connectivity index (χ0v) is 15.6. The second-order valence-corrected chi connectivity index (χ2v) is 6.68. The van der Waals surface area contributed by atoms with E-state index >= 15 is 0 Å². The first-order chi connectivity index (χ1) is 12.1. The topological polar surface area (TPSA) is 20.3 Å². The lowest BCUT2D eigenvalue weighted by atomic mass is 9.88. The van der Waals surface area contributed by atoms with Gasteiger partial charge < -0.3 is 4.90 Å². The maximum atomic E-state index is 12.6. The molecule has 0 aliphatic carbocycles. The summed E-state index contributed by atoms with van der Waals surface area (Å²) in [5.41, 5.74) is 3.76. The van der Waals surface area contributed by atoms with Crippen molar-refractivity contribution < 1.29 is 4.79 Å². The summed E-state index contributed by atoms with van der Waals surface area (Å²) in [7, 11) is 0. The van der Waals surface area contributed by atoms with Crippen LogP contribution >= 0.6 is 0 Å². The van der Waals surface area contributed by atoms with E-state index < -0.39 is 0 Å². The number of amides is 1. The van der Waals surface area contributed by atoms with Gasteiger partial charge in [-0.3, -0.25) is 4.79 Å². The molecule has 1 aliphatic rings. The molecule has 1 amide bonds. The number of nitrogens with zero attached hydrogens (tertiary/aromatic N) is 1. The number of carbonyl (C=O) groups is 1. The molecule has 25 heavy (non-hydrogen) atoms. The van der Waals surface area contributed by atoms with Crippen molar-refractivity contribution in [2.24, 2.45) is 0 Å². The Labute approximate surface area is 152 Å². The van der Waals surface area contributed by atoms with Gasteiger partial charge in [0.05, 0.1) is 6.04 Å². The minimum Gasteiger partial charge on any atom is -0.336 e. The van der Waals surface area contributed by atoms with Gasteiger partial charge in [-0.25, -0.2) is 0 Å². The summed E-state index contributed by atoms with van der Waals surface area (Å²) < 4.78 is 0.